The van der Waals surface area contributed by atoms with E-state index in [2.05, 4.69) is 23.5 Å². The molecule has 3 nitrogen and oxygen atoms in total. The normalized spacial score (nSPS) is 25.8. The van der Waals surface area contributed by atoms with Crippen molar-refractivity contribution < 1.29 is 4.79 Å². The first kappa shape index (κ1) is 14.2. The molecule has 0 unspecified atom stereocenters. The summed E-state index contributed by atoms with van der Waals surface area (Å²) in [5, 5.41) is 11.7. The number of fused-ring (bicyclic) bond motifs is 2. The summed E-state index contributed by atoms with van der Waals surface area (Å²) in [5.41, 5.74) is 0.872. The molecule has 0 spiro atoms. The number of anilines is 1. The van der Waals surface area contributed by atoms with E-state index in [0.29, 0.717) is 18.3 Å². The zero-order chi connectivity index (χ0) is 14.7. The SMILES string of the molecule is N#CCCSc1ccccc1NC(=O)[C@H]1C[C@H]2C=C[C@H]1C2. The number of thioether (sulfide) groups is 1. The Morgan fingerprint density at radius 3 is 2.90 bits per heavy atom. The molecule has 1 N–H and O–H groups in total. The molecular weight excluding hydrogens is 280 g/mol. The number of nitrogens with zero attached hydrogens (tertiary/aromatic N) is 1. The predicted octanol–water partition coefficient (Wildman–Crippen LogP) is 3.84. The molecule has 1 aromatic rings. The van der Waals surface area contributed by atoms with Crippen molar-refractivity contribution in [2.24, 2.45) is 17.8 Å². The Kier molecular flexibility index (Phi) is 4.31. The van der Waals surface area contributed by atoms with Crippen LogP contribution in [-0.2, 0) is 4.79 Å². The second-order valence-corrected chi connectivity index (χ2v) is 6.77. The van der Waals surface area contributed by atoms with E-state index in [4.69, 9.17) is 5.26 Å². The molecule has 1 fully saturated rings. The number of hydrogen-bond donors (Lipinski definition) is 1. The van der Waals surface area contributed by atoms with E-state index in [0.717, 1.165) is 29.2 Å². The second kappa shape index (κ2) is 6.36. The Morgan fingerprint density at radius 1 is 1.33 bits per heavy atom. The molecule has 1 saturated carbocycles. The molecule has 0 radical (unpaired) electrons. The Labute approximate surface area is 129 Å². The Balaban J connectivity index is 1.66. The van der Waals surface area contributed by atoms with E-state index < -0.39 is 0 Å². The van der Waals surface area contributed by atoms with E-state index in [9.17, 15) is 4.79 Å². The van der Waals surface area contributed by atoms with Crippen LogP contribution in [-0.4, -0.2) is 11.7 Å². The van der Waals surface area contributed by atoms with Gasteiger partial charge < -0.3 is 5.32 Å². The maximum atomic E-state index is 12.5. The number of carbonyl (C=O) groups excluding carboxylic acids is 1. The van der Waals surface area contributed by atoms with Gasteiger partial charge in [-0.25, -0.2) is 0 Å². The van der Waals surface area contributed by atoms with E-state index in [1.54, 1.807) is 11.8 Å². The zero-order valence-corrected chi connectivity index (χ0v) is 12.6. The quantitative estimate of drug-likeness (QED) is 0.510. The second-order valence-electron chi connectivity index (χ2n) is 5.63. The summed E-state index contributed by atoms with van der Waals surface area (Å²) in [6.45, 7) is 0. The number of benzene rings is 1. The number of para-hydroxylation sites is 1. The third kappa shape index (κ3) is 3.14. The third-order valence-corrected chi connectivity index (χ3v) is 5.31. The van der Waals surface area contributed by atoms with Gasteiger partial charge >= 0.3 is 0 Å². The van der Waals surface area contributed by atoms with Crippen LogP contribution in [0.2, 0.25) is 0 Å². The molecule has 0 saturated heterocycles. The van der Waals surface area contributed by atoms with Crippen molar-refractivity contribution in [3.05, 3.63) is 36.4 Å². The zero-order valence-electron chi connectivity index (χ0n) is 11.8. The van der Waals surface area contributed by atoms with Crippen molar-refractivity contribution in [3.8, 4) is 6.07 Å². The van der Waals surface area contributed by atoms with Crippen molar-refractivity contribution >= 4 is 23.4 Å². The molecule has 3 rings (SSSR count). The summed E-state index contributed by atoms with van der Waals surface area (Å²) in [6.07, 6.45) is 7.09. The van der Waals surface area contributed by atoms with Gasteiger partial charge in [-0.3, -0.25) is 4.79 Å². The maximum Gasteiger partial charge on any atom is 0.228 e. The van der Waals surface area contributed by atoms with Crippen molar-refractivity contribution in [1.29, 1.82) is 5.26 Å². The van der Waals surface area contributed by atoms with Gasteiger partial charge in [-0.1, -0.05) is 24.3 Å². The molecule has 0 aromatic heterocycles. The first-order chi connectivity index (χ1) is 10.3. The van der Waals surface area contributed by atoms with Gasteiger partial charge in [0.25, 0.3) is 0 Å². The molecule has 2 aliphatic carbocycles. The van der Waals surface area contributed by atoms with Gasteiger partial charge in [-0.2, -0.15) is 5.26 Å². The average molecular weight is 298 g/mol. The summed E-state index contributed by atoms with van der Waals surface area (Å²) in [7, 11) is 0. The highest BCUT2D eigenvalue weighted by molar-refractivity contribution is 7.99. The summed E-state index contributed by atoms with van der Waals surface area (Å²) in [4.78, 5) is 13.5. The summed E-state index contributed by atoms with van der Waals surface area (Å²) in [5.74, 6) is 2.04. The minimum absolute atomic E-state index is 0.122. The average Bonchev–Trinajstić information content (AvgIpc) is 3.12. The van der Waals surface area contributed by atoms with Crippen molar-refractivity contribution in [2.75, 3.05) is 11.1 Å². The van der Waals surface area contributed by atoms with Gasteiger partial charge in [0.2, 0.25) is 5.91 Å². The minimum Gasteiger partial charge on any atom is -0.325 e. The van der Waals surface area contributed by atoms with E-state index >= 15 is 0 Å². The van der Waals surface area contributed by atoms with Crippen LogP contribution in [0.3, 0.4) is 0 Å². The first-order valence-electron chi connectivity index (χ1n) is 7.36. The highest BCUT2D eigenvalue weighted by Gasteiger charge is 2.39. The lowest BCUT2D eigenvalue weighted by Crippen LogP contribution is -2.26. The fourth-order valence-corrected chi connectivity index (χ4v) is 4.07. The van der Waals surface area contributed by atoms with Crippen LogP contribution >= 0.6 is 11.8 Å². The fraction of sp³-hybridized carbons (Fsp3) is 0.412. The van der Waals surface area contributed by atoms with Crippen LogP contribution in [0.1, 0.15) is 19.3 Å². The third-order valence-electron chi connectivity index (χ3n) is 4.23. The topological polar surface area (TPSA) is 52.9 Å². The van der Waals surface area contributed by atoms with Crippen LogP contribution in [0, 0.1) is 29.1 Å². The number of nitriles is 1. The predicted molar refractivity (Wildman–Crippen MR) is 84.9 cm³/mol. The monoisotopic (exact) mass is 298 g/mol. The van der Waals surface area contributed by atoms with Gasteiger partial charge in [-0.15, -0.1) is 11.8 Å². The summed E-state index contributed by atoms with van der Waals surface area (Å²) < 4.78 is 0. The molecule has 2 bridgehead atoms. The Bertz CT molecular complexity index is 605. The molecule has 0 heterocycles. The van der Waals surface area contributed by atoms with Gasteiger partial charge in [0.1, 0.15) is 0 Å². The van der Waals surface area contributed by atoms with Crippen LogP contribution in [0.5, 0.6) is 0 Å². The molecule has 1 aromatic carbocycles. The highest BCUT2D eigenvalue weighted by Crippen LogP contribution is 2.44. The van der Waals surface area contributed by atoms with Crippen molar-refractivity contribution in [3.63, 3.8) is 0 Å². The lowest BCUT2D eigenvalue weighted by Gasteiger charge is -2.18. The molecule has 21 heavy (non-hydrogen) atoms. The lowest BCUT2D eigenvalue weighted by atomic mass is 9.93. The largest absolute Gasteiger partial charge is 0.325 e. The lowest BCUT2D eigenvalue weighted by molar-refractivity contribution is -0.120. The van der Waals surface area contributed by atoms with Gasteiger partial charge in [0.05, 0.1) is 11.8 Å². The van der Waals surface area contributed by atoms with E-state index in [1.165, 1.54) is 0 Å². The molecule has 108 valence electrons. The van der Waals surface area contributed by atoms with E-state index in [1.807, 2.05) is 24.3 Å². The smallest absolute Gasteiger partial charge is 0.228 e. The van der Waals surface area contributed by atoms with Gasteiger partial charge in [0, 0.05) is 23.0 Å². The van der Waals surface area contributed by atoms with Crippen LogP contribution in [0.25, 0.3) is 0 Å². The van der Waals surface area contributed by atoms with Gasteiger partial charge in [0.15, 0.2) is 0 Å². The molecule has 1 amide bonds. The number of nitrogens with one attached hydrogen (secondary N) is 1. The van der Waals surface area contributed by atoms with E-state index in [-0.39, 0.29) is 11.8 Å². The first-order valence-corrected chi connectivity index (χ1v) is 8.34. The number of allylic oxidation sites excluding steroid dienone is 2. The van der Waals surface area contributed by atoms with Crippen molar-refractivity contribution in [2.45, 2.75) is 24.2 Å². The Morgan fingerprint density at radius 2 is 2.19 bits per heavy atom. The summed E-state index contributed by atoms with van der Waals surface area (Å²) >= 11 is 1.62. The maximum absolute atomic E-state index is 12.5. The molecule has 3 atom stereocenters. The fourth-order valence-electron chi connectivity index (χ4n) is 3.21. The number of rotatable bonds is 5. The minimum atomic E-state index is 0.122. The van der Waals surface area contributed by atoms with Crippen LogP contribution in [0.15, 0.2) is 41.3 Å². The van der Waals surface area contributed by atoms with Gasteiger partial charge in [-0.05, 0) is 36.8 Å². The molecule has 2 aliphatic rings. The highest BCUT2D eigenvalue weighted by atomic mass is 32.2. The van der Waals surface area contributed by atoms with Crippen LogP contribution < -0.4 is 5.32 Å². The standard InChI is InChI=1S/C17H18N2OS/c18-8-3-9-21-16-5-2-1-4-15(16)19-17(20)14-11-12-6-7-13(14)10-12/h1-2,4-7,12-14H,3,9-11H2,(H,19,20)/t12-,13-,14-/m0/s1. The summed E-state index contributed by atoms with van der Waals surface area (Å²) in [6, 6.07) is 9.98. The molecule has 0 aliphatic heterocycles. The molecule has 4 heteroatoms. The van der Waals surface area contributed by atoms with Crippen molar-refractivity contribution in [1.82, 2.24) is 0 Å². The molecular formula is C17H18N2OS. The number of hydrogen-bond acceptors (Lipinski definition) is 3. The Hall–Kier alpha value is -1.73. The van der Waals surface area contributed by atoms with Crippen LogP contribution in [0.4, 0.5) is 5.69 Å². The number of carbonyl (C=O) groups is 1. The number of amides is 1.